The standard InChI is InChI=1S/C8H12N2O2.2ClH/c1-11-6-4-3-5(9)8(12-2)7(6)10;;/h3-4H,9-10H2,1-2H3;2*1H. The van der Waals surface area contributed by atoms with Gasteiger partial charge >= 0.3 is 0 Å². The van der Waals surface area contributed by atoms with Crippen LogP contribution in [0.3, 0.4) is 0 Å². The highest BCUT2D eigenvalue weighted by molar-refractivity contribution is 5.85. The zero-order chi connectivity index (χ0) is 9.14. The van der Waals surface area contributed by atoms with Crippen molar-refractivity contribution in [1.82, 2.24) is 0 Å². The van der Waals surface area contributed by atoms with E-state index in [1.807, 2.05) is 0 Å². The first kappa shape index (κ1) is 15.5. The number of hydrogen-bond donors (Lipinski definition) is 2. The van der Waals surface area contributed by atoms with Crippen LogP contribution in [-0.2, 0) is 0 Å². The molecule has 14 heavy (non-hydrogen) atoms. The molecule has 4 nitrogen and oxygen atoms in total. The van der Waals surface area contributed by atoms with Crippen molar-refractivity contribution in [2.45, 2.75) is 0 Å². The zero-order valence-corrected chi connectivity index (χ0v) is 9.58. The molecule has 1 aromatic rings. The van der Waals surface area contributed by atoms with Gasteiger partial charge in [-0.25, -0.2) is 0 Å². The van der Waals surface area contributed by atoms with Crippen molar-refractivity contribution in [2.24, 2.45) is 0 Å². The van der Waals surface area contributed by atoms with E-state index in [2.05, 4.69) is 0 Å². The van der Waals surface area contributed by atoms with E-state index in [0.29, 0.717) is 22.9 Å². The maximum Gasteiger partial charge on any atom is 0.168 e. The summed E-state index contributed by atoms with van der Waals surface area (Å²) < 4.78 is 9.97. The third-order valence-electron chi connectivity index (χ3n) is 1.61. The Morgan fingerprint density at radius 3 is 2.00 bits per heavy atom. The van der Waals surface area contributed by atoms with E-state index >= 15 is 0 Å². The second kappa shape index (κ2) is 6.45. The molecule has 0 amide bonds. The van der Waals surface area contributed by atoms with Gasteiger partial charge in [0.05, 0.1) is 19.9 Å². The van der Waals surface area contributed by atoms with Gasteiger partial charge in [-0.3, -0.25) is 0 Å². The fourth-order valence-electron chi connectivity index (χ4n) is 1.00. The van der Waals surface area contributed by atoms with E-state index in [9.17, 15) is 0 Å². The van der Waals surface area contributed by atoms with Crippen molar-refractivity contribution in [2.75, 3.05) is 25.7 Å². The fraction of sp³-hybridized carbons (Fsp3) is 0.250. The monoisotopic (exact) mass is 240 g/mol. The first-order valence-electron chi connectivity index (χ1n) is 3.46. The zero-order valence-electron chi connectivity index (χ0n) is 7.94. The Kier molecular flexibility index (Phi) is 7.13. The van der Waals surface area contributed by atoms with Crippen molar-refractivity contribution in [3.8, 4) is 11.5 Å². The van der Waals surface area contributed by atoms with Crippen LogP contribution in [0.2, 0.25) is 0 Å². The highest BCUT2D eigenvalue weighted by Crippen LogP contribution is 2.35. The molecule has 1 aromatic carbocycles. The number of halogens is 2. The van der Waals surface area contributed by atoms with Gasteiger partial charge in [0.25, 0.3) is 0 Å². The van der Waals surface area contributed by atoms with Gasteiger partial charge in [-0.15, -0.1) is 24.8 Å². The van der Waals surface area contributed by atoms with Crippen molar-refractivity contribution >= 4 is 36.2 Å². The number of methoxy groups -OCH3 is 2. The molecule has 0 heterocycles. The SMILES string of the molecule is COc1ccc(N)c(OC)c1N.Cl.Cl. The van der Waals surface area contributed by atoms with Crippen molar-refractivity contribution < 1.29 is 9.47 Å². The van der Waals surface area contributed by atoms with E-state index in [1.54, 1.807) is 19.2 Å². The molecule has 6 heteroatoms. The lowest BCUT2D eigenvalue weighted by Gasteiger charge is -2.10. The number of rotatable bonds is 2. The molecule has 82 valence electrons. The van der Waals surface area contributed by atoms with E-state index in [1.165, 1.54) is 7.11 Å². The normalized spacial score (nSPS) is 8.14. The molecule has 1 rings (SSSR count). The van der Waals surface area contributed by atoms with E-state index in [4.69, 9.17) is 20.9 Å². The van der Waals surface area contributed by atoms with Crippen LogP contribution in [0.15, 0.2) is 12.1 Å². The number of hydrogen-bond acceptors (Lipinski definition) is 4. The Labute approximate surface area is 95.4 Å². The predicted octanol–water partition coefficient (Wildman–Crippen LogP) is 1.71. The van der Waals surface area contributed by atoms with E-state index < -0.39 is 0 Å². The van der Waals surface area contributed by atoms with Crippen LogP contribution in [0.5, 0.6) is 11.5 Å². The Morgan fingerprint density at radius 1 is 1.00 bits per heavy atom. The van der Waals surface area contributed by atoms with Crippen LogP contribution in [-0.4, -0.2) is 14.2 Å². The molecule has 0 aliphatic carbocycles. The van der Waals surface area contributed by atoms with Crippen LogP contribution in [0, 0.1) is 0 Å². The molecular formula is C8H14Cl2N2O2. The van der Waals surface area contributed by atoms with E-state index in [0.717, 1.165) is 0 Å². The molecule has 0 fully saturated rings. The number of ether oxygens (including phenoxy) is 2. The number of nitrogens with two attached hydrogens (primary N) is 2. The lowest BCUT2D eigenvalue weighted by molar-refractivity contribution is 0.400. The Balaban J connectivity index is 0. The van der Waals surface area contributed by atoms with Gasteiger partial charge in [-0.2, -0.15) is 0 Å². The second-order valence-corrected chi connectivity index (χ2v) is 2.30. The summed E-state index contributed by atoms with van der Waals surface area (Å²) in [7, 11) is 3.06. The third kappa shape index (κ3) is 2.75. The highest BCUT2D eigenvalue weighted by Gasteiger charge is 2.08. The summed E-state index contributed by atoms with van der Waals surface area (Å²) in [5.41, 5.74) is 12.2. The summed E-state index contributed by atoms with van der Waals surface area (Å²) in [6.45, 7) is 0. The van der Waals surface area contributed by atoms with Gasteiger partial charge in [-0.05, 0) is 12.1 Å². The minimum atomic E-state index is 0. The molecule has 0 saturated heterocycles. The summed E-state index contributed by atoms with van der Waals surface area (Å²) in [6, 6.07) is 3.39. The van der Waals surface area contributed by atoms with Gasteiger partial charge < -0.3 is 20.9 Å². The Bertz CT molecular complexity index is 295. The van der Waals surface area contributed by atoms with Gasteiger partial charge in [0.15, 0.2) is 5.75 Å². The average Bonchev–Trinajstić information content (AvgIpc) is 2.06. The van der Waals surface area contributed by atoms with Crippen LogP contribution in [0.4, 0.5) is 11.4 Å². The largest absolute Gasteiger partial charge is 0.494 e. The van der Waals surface area contributed by atoms with Crippen LogP contribution in [0.25, 0.3) is 0 Å². The lowest BCUT2D eigenvalue weighted by Crippen LogP contribution is -1.99. The summed E-state index contributed by atoms with van der Waals surface area (Å²) in [5.74, 6) is 1.04. The maximum atomic E-state index is 5.68. The Hall–Kier alpha value is -1.00. The number of nitrogen functional groups attached to an aromatic ring is 2. The van der Waals surface area contributed by atoms with Crippen molar-refractivity contribution in [3.05, 3.63) is 12.1 Å². The molecule has 0 saturated carbocycles. The van der Waals surface area contributed by atoms with Crippen LogP contribution < -0.4 is 20.9 Å². The smallest absolute Gasteiger partial charge is 0.168 e. The molecule has 0 aliphatic rings. The molecule has 0 aliphatic heterocycles. The summed E-state index contributed by atoms with van der Waals surface area (Å²) in [4.78, 5) is 0. The minimum Gasteiger partial charge on any atom is -0.494 e. The molecule has 4 N–H and O–H groups in total. The average molecular weight is 241 g/mol. The maximum absolute atomic E-state index is 5.68. The predicted molar refractivity (Wildman–Crippen MR) is 62.9 cm³/mol. The quantitative estimate of drug-likeness (QED) is 0.773. The van der Waals surface area contributed by atoms with Gasteiger partial charge in [0.2, 0.25) is 0 Å². The van der Waals surface area contributed by atoms with Crippen molar-refractivity contribution in [3.63, 3.8) is 0 Å². The van der Waals surface area contributed by atoms with E-state index in [-0.39, 0.29) is 24.8 Å². The summed E-state index contributed by atoms with van der Waals surface area (Å²) in [5, 5.41) is 0. The Morgan fingerprint density at radius 2 is 1.57 bits per heavy atom. The van der Waals surface area contributed by atoms with Gasteiger partial charge in [-0.1, -0.05) is 0 Å². The lowest BCUT2D eigenvalue weighted by atomic mass is 10.2. The first-order chi connectivity index (χ1) is 5.70. The molecule has 0 unspecified atom stereocenters. The topological polar surface area (TPSA) is 70.5 Å². The fourth-order valence-corrected chi connectivity index (χ4v) is 1.00. The molecule has 0 aromatic heterocycles. The van der Waals surface area contributed by atoms with Crippen LogP contribution in [0.1, 0.15) is 0 Å². The summed E-state index contributed by atoms with van der Waals surface area (Å²) >= 11 is 0. The molecule has 0 spiro atoms. The first-order valence-corrected chi connectivity index (χ1v) is 3.46. The van der Waals surface area contributed by atoms with Gasteiger partial charge in [0, 0.05) is 0 Å². The molecule has 0 atom stereocenters. The summed E-state index contributed by atoms with van der Waals surface area (Å²) in [6.07, 6.45) is 0. The highest BCUT2D eigenvalue weighted by atomic mass is 35.5. The third-order valence-corrected chi connectivity index (χ3v) is 1.61. The number of anilines is 2. The van der Waals surface area contributed by atoms with Gasteiger partial charge in [0.1, 0.15) is 11.4 Å². The molecular weight excluding hydrogens is 227 g/mol. The molecule has 0 bridgehead atoms. The second-order valence-electron chi connectivity index (χ2n) is 2.30. The van der Waals surface area contributed by atoms with Crippen molar-refractivity contribution in [1.29, 1.82) is 0 Å². The van der Waals surface area contributed by atoms with Crippen LogP contribution >= 0.6 is 24.8 Å². The number of benzene rings is 1. The minimum absolute atomic E-state index is 0. The molecule has 0 radical (unpaired) electrons.